The molecule has 0 bridgehead atoms. The first kappa shape index (κ1) is 44.6. The van der Waals surface area contributed by atoms with Crippen LogP contribution in [0.2, 0.25) is 0 Å². The molecule has 0 amide bonds. The van der Waals surface area contributed by atoms with Gasteiger partial charge in [0.05, 0.1) is 48.2 Å². The second-order valence-corrected chi connectivity index (χ2v) is 18.8. The molecule has 0 saturated heterocycles. The molecule has 5 heterocycles. The quantitative estimate of drug-likeness (QED) is 0.0782. The molecule has 1 aliphatic heterocycles. The van der Waals surface area contributed by atoms with Gasteiger partial charge in [-0.25, -0.2) is 9.97 Å². The molecule has 4 aromatic carbocycles. The molecule has 0 radical (unpaired) electrons. The lowest BCUT2D eigenvalue weighted by molar-refractivity contribution is -0.00989. The van der Waals surface area contributed by atoms with Crippen molar-refractivity contribution < 1.29 is 24.4 Å². The van der Waals surface area contributed by atoms with E-state index in [1.54, 1.807) is 25.8 Å². The first-order chi connectivity index (χ1) is 32.2. The van der Waals surface area contributed by atoms with E-state index in [-0.39, 0.29) is 19.1 Å². The average molecular weight is 916 g/mol. The van der Waals surface area contributed by atoms with Crippen LogP contribution in [-0.4, -0.2) is 55.8 Å². The zero-order chi connectivity index (χ0) is 45.5. The molecule has 0 saturated carbocycles. The third-order valence-electron chi connectivity index (χ3n) is 12.0. The van der Waals surface area contributed by atoms with Crippen LogP contribution in [0.15, 0.2) is 156 Å². The van der Waals surface area contributed by atoms with Gasteiger partial charge in [0.25, 0.3) is 0 Å². The van der Waals surface area contributed by atoms with E-state index in [0.717, 1.165) is 79.7 Å². The van der Waals surface area contributed by atoms with Gasteiger partial charge in [0.2, 0.25) is 0 Å². The van der Waals surface area contributed by atoms with E-state index in [0.29, 0.717) is 30.2 Å². The molecule has 1 aliphatic rings. The highest BCUT2D eigenvalue weighted by molar-refractivity contribution is 7.10. The number of benzene rings is 4. The Hall–Kier alpha value is -6.57. The number of nitrogens with one attached hydrogen (secondary N) is 1. The standard InChI is InChI=1S/C54H53N5O5S2/c1-4-54(61,52-17-12-26-66-52)34-64-50-29-41(20-22-42(50)45-15-9-6-10-24-56-45)59-31-47(58-36-59)44-27-39(19-23-48(44)63-33-53(3,60)51-16-11-25-65-51)40-18-21-43(46-30-55-35-57-46)49(28-40)62-32-37(2)38-13-7-5-8-14-38/h5,7-8,11-31,35-37,60-61H,4,6,9-10,32-34H2,1-3H3,(H,55,57). The van der Waals surface area contributed by atoms with Gasteiger partial charge in [-0.1, -0.05) is 74.5 Å². The maximum Gasteiger partial charge on any atom is 0.132 e. The fourth-order valence-corrected chi connectivity index (χ4v) is 9.64. The van der Waals surface area contributed by atoms with Crippen molar-refractivity contribution in [2.45, 2.75) is 63.6 Å². The fourth-order valence-electron chi connectivity index (χ4n) is 7.99. The minimum atomic E-state index is -1.21. The Bertz CT molecular complexity index is 2910. The largest absolute Gasteiger partial charge is 0.492 e. The van der Waals surface area contributed by atoms with E-state index < -0.39 is 11.2 Å². The van der Waals surface area contributed by atoms with Crippen molar-refractivity contribution >= 4 is 34.6 Å². The van der Waals surface area contributed by atoms with Crippen LogP contribution in [0.3, 0.4) is 0 Å². The molecular weight excluding hydrogens is 863 g/mol. The van der Waals surface area contributed by atoms with Gasteiger partial charge in [-0.2, -0.15) is 0 Å². The Morgan fingerprint density at radius 1 is 0.773 bits per heavy atom. The summed E-state index contributed by atoms with van der Waals surface area (Å²) in [5.41, 5.74) is 6.46. The number of thiophene rings is 2. The zero-order valence-electron chi connectivity index (χ0n) is 37.3. The Morgan fingerprint density at radius 2 is 1.53 bits per heavy atom. The minimum Gasteiger partial charge on any atom is -0.492 e. The smallest absolute Gasteiger partial charge is 0.132 e. The molecule has 3 unspecified atom stereocenters. The van der Waals surface area contributed by atoms with E-state index in [9.17, 15) is 10.2 Å². The van der Waals surface area contributed by atoms with Gasteiger partial charge >= 0.3 is 0 Å². The summed E-state index contributed by atoms with van der Waals surface area (Å²) in [6.07, 6.45) is 14.7. The van der Waals surface area contributed by atoms with Gasteiger partial charge in [0.1, 0.15) is 41.7 Å². The number of aromatic nitrogens is 4. The van der Waals surface area contributed by atoms with Crippen molar-refractivity contribution in [1.82, 2.24) is 19.5 Å². The van der Waals surface area contributed by atoms with Crippen LogP contribution in [0.1, 0.15) is 73.3 Å². The van der Waals surface area contributed by atoms with Gasteiger partial charge in [0, 0.05) is 50.8 Å². The Morgan fingerprint density at radius 3 is 2.30 bits per heavy atom. The van der Waals surface area contributed by atoms with Gasteiger partial charge in [0.15, 0.2) is 0 Å². The van der Waals surface area contributed by atoms with Crippen LogP contribution in [0.25, 0.3) is 45.0 Å². The Balaban J connectivity index is 1.07. The molecule has 4 aromatic heterocycles. The molecule has 3 N–H and O–H groups in total. The summed E-state index contributed by atoms with van der Waals surface area (Å²) in [5, 5.41) is 27.2. The fraction of sp³-hybridized carbons (Fsp3) is 0.241. The Kier molecular flexibility index (Phi) is 13.4. The third kappa shape index (κ3) is 9.97. The third-order valence-corrected chi connectivity index (χ3v) is 14.2. The van der Waals surface area contributed by atoms with E-state index >= 15 is 0 Å². The van der Waals surface area contributed by atoms with Gasteiger partial charge in [-0.05, 0) is 109 Å². The maximum absolute atomic E-state index is 11.7. The summed E-state index contributed by atoms with van der Waals surface area (Å²) in [7, 11) is 0. The molecule has 10 nitrogen and oxygen atoms in total. The van der Waals surface area contributed by atoms with Crippen molar-refractivity contribution in [2.75, 3.05) is 19.8 Å². The number of hydrogen-bond acceptors (Lipinski definition) is 10. The van der Waals surface area contributed by atoms with Gasteiger partial charge < -0.3 is 34.0 Å². The van der Waals surface area contributed by atoms with Crippen molar-refractivity contribution in [3.05, 3.63) is 172 Å². The number of ether oxygens (including phenoxy) is 3. The molecule has 336 valence electrons. The first-order valence-electron chi connectivity index (χ1n) is 22.3. The highest BCUT2D eigenvalue weighted by atomic mass is 32.1. The lowest BCUT2D eigenvalue weighted by atomic mass is 9.98. The molecule has 0 spiro atoms. The second kappa shape index (κ2) is 19.9. The number of aliphatic hydroxyl groups is 2. The monoisotopic (exact) mass is 915 g/mol. The van der Waals surface area contributed by atoms with Gasteiger partial charge in [-0.15, -0.1) is 22.7 Å². The van der Waals surface area contributed by atoms with E-state index in [1.165, 1.54) is 28.2 Å². The predicted molar refractivity (Wildman–Crippen MR) is 266 cm³/mol. The number of rotatable bonds is 18. The molecule has 9 rings (SSSR count). The van der Waals surface area contributed by atoms with Crippen molar-refractivity contribution in [3.63, 3.8) is 0 Å². The zero-order valence-corrected chi connectivity index (χ0v) is 38.9. The van der Waals surface area contributed by atoms with Gasteiger partial charge in [-0.3, -0.25) is 4.99 Å². The van der Waals surface area contributed by atoms with Crippen molar-refractivity contribution in [2.24, 2.45) is 4.99 Å². The minimum absolute atomic E-state index is 0.0348. The second-order valence-electron chi connectivity index (χ2n) is 16.9. The van der Waals surface area contributed by atoms with E-state index in [4.69, 9.17) is 24.2 Å². The SMILES string of the molecule is CCC(O)(COc1cc(-n2cnc(-c3cc(-c4ccc(-c5cnc[nH]5)c(OCC(C)c5ccccc5)c4)ccc3OCC(C)(O)c3cccs3)c2)ccc1C1=CCCCC=N1)c1cccs1. The topological polar surface area (TPSA) is 127 Å². The molecule has 3 atom stereocenters. The summed E-state index contributed by atoms with van der Waals surface area (Å²) in [4.78, 5) is 19.0. The maximum atomic E-state index is 11.7. The molecule has 0 aliphatic carbocycles. The number of allylic oxidation sites excluding steroid dienone is 1. The lowest BCUT2D eigenvalue weighted by Crippen LogP contribution is -2.31. The number of imidazole rings is 2. The van der Waals surface area contributed by atoms with Crippen LogP contribution < -0.4 is 14.2 Å². The van der Waals surface area contributed by atoms with Crippen molar-refractivity contribution in [3.8, 4) is 56.6 Å². The molecule has 12 heteroatoms. The van der Waals surface area contributed by atoms with Crippen LogP contribution >= 0.6 is 22.7 Å². The summed E-state index contributed by atoms with van der Waals surface area (Å²) in [5.74, 6) is 2.10. The molecule has 0 fully saturated rings. The van der Waals surface area contributed by atoms with Crippen LogP contribution in [0.5, 0.6) is 17.2 Å². The number of hydrogen-bond donors (Lipinski definition) is 3. The normalized spacial score (nSPS) is 15.0. The van der Waals surface area contributed by atoms with Crippen LogP contribution in [-0.2, 0) is 11.2 Å². The van der Waals surface area contributed by atoms with E-state index in [1.807, 2.05) is 95.3 Å². The number of aromatic amines is 1. The first-order valence-corrected chi connectivity index (χ1v) is 24.1. The predicted octanol–water partition coefficient (Wildman–Crippen LogP) is 12.5. The van der Waals surface area contributed by atoms with Crippen LogP contribution in [0, 0.1) is 0 Å². The number of nitrogens with zero attached hydrogens (tertiary/aromatic N) is 4. The molecular formula is C54H53N5O5S2. The average Bonchev–Trinajstić information content (AvgIpc) is 4.21. The Labute approximate surface area is 393 Å². The number of H-pyrrole nitrogens is 1. The summed E-state index contributed by atoms with van der Waals surface area (Å²) >= 11 is 3.01. The highest BCUT2D eigenvalue weighted by Crippen LogP contribution is 2.40. The molecule has 8 aromatic rings. The highest BCUT2D eigenvalue weighted by Gasteiger charge is 2.30. The number of aliphatic imine (C=N–C) groups is 1. The lowest BCUT2D eigenvalue weighted by Gasteiger charge is -2.26. The molecule has 66 heavy (non-hydrogen) atoms. The van der Waals surface area contributed by atoms with E-state index in [2.05, 4.69) is 71.5 Å². The van der Waals surface area contributed by atoms with Crippen molar-refractivity contribution in [1.29, 1.82) is 0 Å². The summed E-state index contributed by atoms with van der Waals surface area (Å²) < 4.78 is 21.7. The van der Waals surface area contributed by atoms with Crippen LogP contribution in [0.4, 0.5) is 0 Å². The summed E-state index contributed by atoms with van der Waals surface area (Å²) in [6.45, 7) is 6.51. The summed E-state index contributed by atoms with van der Waals surface area (Å²) in [6, 6.07) is 36.4.